The summed E-state index contributed by atoms with van der Waals surface area (Å²) in [7, 11) is 0. The average molecular weight is 495 g/mol. The van der Waals surface area contributed by atoms with E-state index in [0.29, 0.717) is 6.42 Å². The summed E-state index contributed by atoms with van der Waals surface area (Å²) in [6.45, 7) is 25.5. The summed E-state index contributed by atoms with van der Waals surface area (Å²) in [4.78, 5) is 13.8. The molecule has 0 bridgehead atoms. The second kappa shape index (κ2) is 20.2. The molecular formula is C30H50N6. The molecule has 2 N–H and O–H groups in total. The number of likely N-dealkylation sites (tertiary alicyclic amines) is 1. The number of nitrogens with one attached hydrogen (secondary N) is 2. The zero-order valence-corrected chi connectivity index (χ0v) is 24.0. The van der Waals surface area contributed by atoms with Gasteiger partial charge >= 0.3 is 0 Å². The minimum Gasteiger partial charge on any atom is -0.374 e. The second-order valence-corrected chi connectivity index (χ2v) is 8.80. The number of nitrogens with zero attached hydrogens (tertiary/aromatic N) is 4. The first-order valence-electron chi connectivity index (χ1n) is 13.5. The number of aromatic nitrogens is 3. The summed E-state index contributed by atoms with van der Waals surface area (Å²) in [5.41, 5.74) is 4.34. The van der Waals surface area contributed by atoms with E-state index in [2.05, 4.69) is 71.2 Å². The molecule has 1 aliphatic heterocycles. The molecule has 1 unspecified atom stereocenters. The third-order valence-electron chi connectivity index (χ3n) is 5.56. The molecule has 0 aromatic carbocycles. The average Bonchev–Trinajstić information content (AvgIpc) is 3.26. The van der Waals surface area contributed by atoms with Gasteiger partial charge in [-0.2, -0.15) is 5.26 Å². The normalized spacial score (nSPS) is 14.3. The highest BCUT2D eigenvalue weighted by atomic mass is 15.1. The lowest BCUT2D eigenvalue weighted by atomic mass is 10.0. The van der Waals surface area contributed by atoms with E-state index in [1.807, 2.05) is 40.0 Å². The van der Waals surface area contributed by atoms with Crippen molar-refractivity contribution in [1.29, 1.82) is 5.26 Å². The Hall–Kier alpha value is -3.07. The van der Waals surface area contributed by atoms with Gasteiger partial charge in [0, 0.05) is 31.5 Å². The van der Waals surface area contributed by atoms with Crippen LogP contribution in [0.3, 0.4) is 0 Å². The van der Waals surface area contributed by atoms with Crippen LogP contribution < -0.4 is 5.32 Å². The molecule has 1 fully saturated rings. The molecule has 0 aliphatic carbocycles. The first kappa shape index (κ1) is 32.9. The quantitative estimate of drug-likeness (QED) is 0.285. The van der Waals surface area contributed by atoms with Gasteiger partial charge in [-0.15, -0.1) is 0 Å². The van der Waals surface area contributed by atoms with Crippen molar-refractivity contribution < 1.29 is 0 Å². The highest BCUT2D eigenvalue weighted by Crippen LogP contribution is 2.20. The van der Waals surface area contributed by atoms with Crippen LogP contribution in [0.1, 0.15) is 87.0 Å². The number of aromatic amines is 1. The van der Waals surface area contributed by atoms with Crippen molar-refractivity contribution >= 4 is 16.9 Å². The summed E-state index contributed by atoms with van der Waals surface area (Å²) >= 11 is 0. The monoisotopic (exact) mass is 494 g/mol. The summed E-state index contributed by atoms with van der Waals surface area (Å²) < 4.78 is 0. The Bertz CT molecular complexity index is 946. The van der Waals surface area contributed by atoms with Crippen molar-refractivity contribution in [2.24, 2.45) is 5.92 Å². The first-order chi connectivity index (χ1) is 17.4. The predicted octanol–water partition coefficient (Wildman–Crippen LogP) is 8.26. The molecule has 3 rings (SSSR count). The molecule has 1 atom stereocenters. The van der Waals surface area contributed by atoms with Gasteiger partial charge in [-0.05, 0) is 57.9 Å². The summed E-state index contributed by atoms with van der Waals surface area (Å²) in [6, 6.07) is 4.14. The number of allylic oxidation sites excluding steroid dienone is 4. The highest BCUT2D eigenvalue weighted by molar-refractivity contribution is 5.86. The zero-order chi connectivity index (χ0) is 27.3. The lowest BCUT2D eigenvalue weighted by Gasteiger charge is -2.23. The number of H-pyrrole nitrogens is 1. The van der Waals surface area contributed by atoms with Crippen LogP contribution in [-0.2, 0) is 0 Å². The first-order valence-corrected chi connectivity index (χ1v) is 13.5. The molecule has 2 aromatic rings. The van der Waals surface area contributed by atoms with Crippen LogP contribution in [0, 0.1) is 17.2 Å². The molecule has 6 heteroatoms. The molecule has 3 heterocycles. The predicted molar refractivity (Wildman–Crippen MR) is 157 cm³/mol. The van der Waals surface area contributed by atoms with Crippen LogP contribution in [0.2, 0.25) is 0 Å². The topological polar surface area (TPSA) is 80.6 Å². The Labute approximate surface area is 220 Å². The van der Waals surface area contributed by atoms with E-state index in [9.17, 15) is 0 Å². The fourth-order valence-corrected chi connectivity index (χ4v) is 3.80. The maximum Gasteiger partial charge on any atom is 0.142 e. The van der Waals surface area contributed by atoms with Crippen LogP contribution in [0.4, 0.5) is 5.82 Å². The van der Waals surface area contributed by atoms with Gasteiger partial charge in [0.25, 0.3) is 0 Å². The Morgan fingerprint density at radius 3 is 2.58 bits per heavy atom. The van der Waals surface area contributed by atoms with Crippen LogP contribution in [0.25, 0.3) is 11.0 Å². The lowest BCUT2D eigenvalue weighted by Crippen LogP contribution is -2.23. The van der Waals surface area contributed by atoms with Crippen molar-refractivity contribution in [2.45, 2.75) is 87.0 Å². The maximum absolute atomic E-state index is 8.55. The number of fused-ring (bicyclic) bond motifs is 1. The molecule has 0 amide bonds. The summed E-state index contributed by atoms with van der Waals surface area (Å²) in [6.07, 6.45) is 11.9. The van der Waals surface area contributed by atoms with E-state index >= 15 is 0 Å². The van der Waals surface area contributed by atoms with E-state index in [1.54, 1.807) is 6.33 Å². The highest BCUT2D eigenvalue weighted by Gasteiger charge is 2.14. The van der Waals surface area contributed by atoms with Gasteiger partial charge in [-0.25, -0.2) is 9.97 Å². The van der Waals surface area contributed by atoms with E-state index in [0.717, 1.165) is 60.9 Å². The van der Waals surface area contributed by atoms with Gasteiger partial charge in [-0.1, -0.05) is 65.0 Å². The smallest absolute Gasteiger partial charge is 0.142 e. The molecule has 0 spiro atoms. The SMILES string of the molecule is C=C(C=C(C)C)CCCNc1ncnc2[nH]ccc12.C=C(CC#N)N1CCCC(C)CC1.CC.CC. The van der Waals surface area contributed by atoms with Gasteiger partial charge in [0.1, 0.15) is 17.8 Å². The fraction of sp³-hybridized carbons (Fsp3) is 0.567. The van der Waals surface area contributed by atoms with Gasteiger partial charge in [0.05, 0.1) is 17.9 Å². The molecule has 200 valence electrons. The summed E-state index contributed by atoms with van der Waals surface area (Å²) in [5.74, 6) is 1.72. The van der Waals surface area contributed by atoms with Crippen LogP contribution in [0.15, 0.2) is 54.7 Å². The van der Waals surface area contributed by atoms with Gasteiger partial charge in [0.15, 0.2) is 0 Å². The molecule has 1 saturated heterocycles. The Balaban J connectivity index is 0.000000630. The molecule has 2 aromatic heterocycles. The minimum absolute atomic E-state index is 0.481. The van der Waals surface area contributed by atoms with Gasteiger partial charge in [-0.3, -0.25) is 0 Å². The molecule has 0 saturated carbocycles. The Morgan fingerprint density at radius 1 is 1.19 bits per heavy atom. The second-order valence-electron chi connectivity index (χ2n) is 8.80. The van der Waals surface area contributed by atoms with E-state index in [1.165, 1.54) is 30.4 Å². The maximum atomic E-state index is 8.55. The number of hydrogen-bond acceptors (Lipinski definition) is 5. The van der Waals surface area contributed by atoms with Crippen LogP contribution in [0.5, 0.6) is 0 Å². The Kier molecular flexibility index (Phi) is 18.4. The van der Waals surface area contributed by atoms with Crippen molar-refractivity contribution in [2.75, 3.05) is 25.0 Å². The summed E-state index contributed by atoms with van der Waals surface area (Å²) in [5, 5.41) is 12.9. The number of hydrogen-bond donors (Lipinski definition) is 2. The van der Waals surface area contributed by atoms with E-state index in [4.69, 9.17) is 5.26 Å². The lowest BCUT2D eigenvalue weighted by molar-refractivity contribution is 0.349. The third-order valence-corrected chi connectivity index (χ3v) is 5.56. The van der Waals surface area contributed by atoms with Crippen molar-refractivity contribution in [1.82, 2.24) is 19.9 Å². The molecule has 0 radical (unpaired) electrons. The fourth-order valence-electron chi connectivity index (χ4n) is 3.80. The molecular weight excluding hydrogens is 444 g/mol. The zero-order valence-electron chi connectivity index (χ0n) is 24.0. The number of anilines is 1. The number of rotatable bonds is 8. The largest absolute Gasteiger partial charge is 0.374 e. The molecule has 36 heavy (non-hydrogen) atoms. The third kappa shape index (κ3) is 13.1. The van der Waals surface area contributed by atoms with Crippen molar-refractivity contribution in [3.63, 3.8) is 0 Å². The van der Waals surface area contributed by atoms with Crippen molar-refractivity contribution in [3.05, 3.63) is 54.7 Å². The van der Waals surface area contributed by atoms with Gasteiger partial charge in [0.2, 0.25) is 0 Å². The standard InChI is InChI=1S/C15H20N4.C11H18N2.2C2H6/c1-11(2)9-12(3)5-4-7-16-14-13-6-8-17-15(13)19-10-18-14;1-10-4-3-8-13(9-6-10)11(2)5-7-12;2*1-2/h6,8-10H,3-5,7H2,1-2H3,(H2,16,17,18,19);10H,2-6,8-9H2,1H3;2*1-2H3. The van der Waals surface area contributed by atoms with Crippen LogP contribution >= 0.6 is 0 Å². The van der Waals surface area contributed by atoms with Gasteiger partial charge < -0.3 is 15.2 Å². The van der Waals surface area contributed by atoms with Crippen LogP contribution in [-0.4, -0.2) is 39.5 Å². The number of nitriles is 1. The van der Waals surface area contributed by atoms with Crippen molar-refractivity contribution in [3.8, 4) is 6.07 Å². The minimum atomic E-state index is 0.481. The van der Waals surface area contributed by atoms with E-state index < -0.39 is 0 Å². The van der Waals surface area contributed by atoms with E-state index in [-0.39, 0.29) is 0 Å². The Morgan fingerprint density at radius 2 is 1.92 bits per heavy atom. The molecule has 6 nitrogen and oxygen atoms in total. The molecule has 1 aliphatic rings.